The van der Waals surface area contributed by atoms with E-state index in [1.807, 2.05) is 23.1 Å². The van der Waals surface area contributed by atoms with E-state index in [1.54, 1.807) is 23.1 Å². The van der Waals surface area contributed by atoms with Crippen LogP contribution in [0.15, 0.2) is 53.0 Å². The van der Waals surface area contributed by atoms with Gasteiger partial charge in [0.2, 0.25) is 5.91 Å². The summed E-state index contributed by atoms with van der Waals surface area (Å²) in [5, 5.41) is 4.37. The van der Waals surface area contributed by atoms with Crippen LogP contribution in [0, 0.1) is 0 Å². The second-order valence-corrected chi connectivity index (χ2v) is 15.2. The second kappa shape index (κ2) is 10.9. The third-order valence-corrected chi connectivity index (χ3v) is 11.2. The predicted molar refractivity (Wildman–Crippen MR) is 172 cm³/mol. The van der Waals surface area contributed by atoms with Crippen LogP contribution in [0.25, 0.3) is 22.3 Å². The van der Waals surface area contributed by atoms with Crippen LogP contribution in [0.5, 0.6) is 0 Å². The summed E-state index contributed by atoms with van der Waals surface area (Å²) in [5.74, 6) is 1.05. The molecule has 6 rings (SSSR count). The highest BCUT2D eigenvalue weighted by Gasteiger charge is 2.37. The molecular formula is C34H42N4OS2. The number of piperidine rings is 1. The predicted octanol–water partition coefficient (Wildman–Crippen LogP) is 8.59. The van der Waals surface area contributed by atoms with Gasteiger partial charge in [-0.3, -0.25) is 4.79 Å². The molecule has 41 heavy (non-hydrogen) atoms. The molecule has 0 saturated carbocycles. The highest BCUT2D eigenvalue weighted by molar-refractivity contribution is 7.99. The van der Waals surface area contributed by atoms with E-state index < -0.39 is 0 Å². The summed E-state index contributed by atoms with van der Waals surface area (Å²) in [6.45, 7) is 15.4. The number of carbonyl (C=O) groups excluding carboxylic acids is 1. The molecule has 2 aromatic carbocycles. The first kappa shape index (κ1) is 28.5. The van der Waals surface area contributed by atoms with Gasteiger partial charge in [0, 0.05) is 36.0 Å². The Morgan fingerprint density at radius 2 is 1.71 bits per heavy atom. The van der Waals surface area contributed by atoms with Crippen molar-refractivity contribution in [2.45, 2.75) is 95.2 Å². The number of fused-ring (bicyclic) bond motifs is 2. The lowest BCUT2D eigenvalue weighted by Crippen LogP contribution is -2.39. The van der Waals surface area contributed by atoms with Crippen LogP contribution in [0.3, 0.4) is 0 Å². The third-order valence-electron chi connectivity index (χ3n) is 9.27. The molecule has 3 heterocycles. The normalized spacial score (nSPS) is 18.7. The number of likely N-dealkylation sites (tertiary alicyclic amines) is 1. The fourth-order valence-corrected chi connectivity index (χ4v) is 8.62. The lowest BCUT2D eigenvalue weighted by atomic mass is 9.63. The molecule has 5 nitrogen and oxygen atoms in total. The Morgan fingerprint density at radius 3 is 2.44 bits per heavy atom. The van der Waals surface area contributed by atoms with E-state index in [0.29, 0.717) is 17.7 Å². The maximum atomic E-state index is 13.2. The molecule has 7 heteroatoms. The lowest BCUT2D eigenvalue weighted by molar-refractivity contribution is -0.129. The first-order valence-electron chi connectivity index (χ1n) is 15.0. The number of benzene rings is 2. The third kappa shape index (κ3) is 5.48. The Morgan fingerprint density at radius 1 is 1.00 bits per heavy atom. The molecule has 1 fully saturated rings. The van der Waals surface area contributed by atoms with Crippen LogP contribution >= 0.6 is 23.1 Å². The molecule has 2 aliphatic rings. The minimum atomic E-state index is 0.193. The van der Waals surface area contributed by atoms with Gasteiger partial charge in [0.15, 0.2) is 5.16 Å². The van der Waals surface area contributed by atoms with Gasteiger partial charge in [0.25, 0.3) is 0 Å². The SMILES string of the molecule is CC(C)n1c(SCC(=O)N2CCC(c3nc(-c4ccc5c(c4)C(C)(C)CCC5(C)C)cs3)CC2)nc2ccccc21. The summed E-state index contributed by atoms with van der Waals surface area (Å²) < 4.78 is 2.24. The maximum absolute atomic E-state index is 13.2. The van der Waals surface area contributed by atoms with E-state index in [0.717, 1.165) is 47.8 Å². The molecule has 0 bridgehead atoms. The number of hydrogen-bond acceptors (Lipinski definition) is 5. The summed E-state index contributed by atoms with van der Waals surface area (Å²) in [6.07, 6.45) is 4.39. The Labute approximate surface area is 252 Å². The van der Waals surface area contributed by atoms with E-state index in [4.69, 9.17) is 9.97 Å². The van der Waals surface area contributed by atoms with Crippen LogP contribution in [0.4, 0.5) is 0 Å². The number of para-hydroxylation sites is 2. The van der Waals surface area contributed by atoms with Crippen LogP contribution in [-0.2, 0) is 15.6 Å². The zero-order chi connectivity index (χ0) is 28.9. The largest absolute Gasteiger partial charge is 0.342 e. The van der Waals surface area contributed by atoms with Gasteiger partial charge in [-0.15, -0.1) is 11.3 Å². The lowest BCUT2D eigenvalue weighted by Gasteiger charge is -2.42. The number of thiazole rings is 1. The van der Waals surface area contributed by atoms with Gasteiger partial charge in [-0.05, 0) is 79.7 Å². The average Bonchev–Trinajstić information content (AvgIpc) is 3.60. The minimum Gasteiger partial charge on any atom is -0.342 e. The Bertz CT molecular complexity index is 1570. The standard InChI is InChI=1S/C34H42N4OS2/c1-22(2)38-29-10-8-7-9-27(29)36-32(38)41-21-30(39)37-17-13-23(14-18-37)31-35-28(20-40-31)24-11-12-25-26(19-24)34(5,6)16-15-33(25,3)4/h7-12,19-20,22-23H,13-18,21H2,1-6H3. The Kier molecular flexibility index (Phi) is 7.56. The molecule has 4 aromatic rings. The van der Waals surface area contributed by atoms with Crippen molar-refractivity contribution in [3.8, 4) is 11.3 Å². The van der Waals surface area contributed by atoms with Gasteiger partial charge in [-0.1, -0.05) is 63.7 Å². The van der Waals surface area contributed by atoms with Gasteiger partial charge in [0.05, 0.1) is 27.5 Å². The number of carbonyl (C=O) groups is 1. The first-order chi connectivity index (χ1) is 19.5. The van der Waals surface area contributed by atoms with Crippen LogP contribution in [0.2, 0.25) is 0 Å². The zero-order valence-electron chi connectivity index (χ0n) is 25.2. The number of aromatic nitrogens is 3. The van der Waals surface area contributed by atoms with E-state index >= 15 is 0 Å². The molecule has 0 spiro atoms. The van der Waals surface area contributed by atoms with E-state index in [1.165, 1.54) is 34.5 Å². The number of thioether (sulfide) groups is 1. The molecule has 1 amide bonds. The summed E-state index contributed by atoms with van der Waals surface area (Å²) in [5.41, 5.74) is 7.83. The smallest absolute Gasteiger partial charge is 0.233 e. The van der Waals surface area contributed by atoms with E-state index in [9.17, 15) is 4.79 Å². The summed E-state index contributed by atoms with van der Waals surface area (Å²) in [7, 11) is 0. The van der Waals surface area contributed by atoms with Crippen LogP contribution in [-0.4, -0.2) is 44.2 Å². The molecule has 2 aromatic heterocycles. The fraction of sp³-hybridized carbons (Fsp3) is 0.500. The van der Waals surface area contributed by atoms with Crippen molar-refractivity contribution in [2.75, 3.05) is 18.8 Å². The molecule has 216 valence electrons. The van der Waals surface area contributed by atoms with Gasteiger partial charge >= 0.3 is 0 Å². The molecule has 0 N–H and O–H groups in total. The maximum Gasteiger partial charge on any atom is 0.233 e. The molecule has 1 saturated heterocycles. The zero-order valence-corrected chi connectivity index (χ0v) is 26.9. The van der Waals surface area contributed by atoms with Crippen LogP contribution < -0.4 is 0 Å². The van der Waals surface area contributed by atoms with Gasteiger partial charge in [0.1, 0.15) is 0 Å². The van der Waals surface area contributed by atoms with E-state index in [-0.39, 0.29) is 16.7 Å². The average molecular weight is 587 g/mol. The van der Waals surface area contributed by atoms with Crippen molar-refractivity contribution in [3.63, 3.8) is 0 Å². The van der Waals surface area contributed by atoms with Gasteiger partial charge in [-0.25, -0.2) is 9.97 Å². The number of hydrogen-bond donors (Lipinski definition) is 0. The molecule has 0 unspecified atom stereocenters. The van der Waals surface area contributed by atoms with E-state index in [2.05, 4.69) is 75.8 Å². The Balaban J connectivity index is 1.09. The molecule has 1 aliphatic carbocycles. The molecule has 0 atom stereocenters. The fourth-order valence-electron chi connectivity index (χ4n) is 6.57. The molecule has 0 radical (unpaired) electrons. The van der Waals surface area contributed by atoms with Crippen molar-refractivity contribution in [3.05, 3.63) is 64.0 Å². The number of imidazole rings is 1. The topological polar surface area (TPSA) is 51.0 Å². The number of nitrogens with zero attached hydrogens (tertiary/aromatic N) is 4. The second-order valence-electron chi connectivity index (χ2n) is 13.4. The monoisotopic (exact) mass is 586 g/mol. The van der Waals surface area contributed by atoms with Gasteiger partial charge in [-0.2, -0.15) is 0 Å². The van der Waals surface area contributed by atoms with Crippen molar-refractivity contribution < 1.29 is 4.79 Å². The number of amides is 1. The molecule has 1 aliphatic heterocycles. The summed E-state index contributed by atoms with van der Waals surface area (Å²) in [4.78, 5) is 25.2. The Hall–Kier alpha value is -2.64. The summed E-state index contributed by atoms with van der Waals surface area (Å²) in [6, 6.07) is 15.5. The van der Waals surface area contributed by atoms with Crippen LogP contribution in [0.1, 0.15) is 95.3 Å². The van der Waals surface area contributed by atoms with Crippen molar-refractivity contribution in [1.29, 1.82) is 0 Å². The first-order valence-corrected chi connectivity index (χ1v) is 16.9. The quantitative estimate of drug-likeness (QED) is 0.212. The van der Waals surface area contributed by atoms with Crippen molar-refractivity contribution in [1.82, 2.24) is 19.4 Å². The van der Waals surface area contributed by atoms with Gasteiger partial charge < -0.3 is 9.47 Å². The highest BCUT2D eigenvalue weighted by atomic mass is 32.2. The van der Waals surface area contributed by atoms with Crippen molar-refractivity contribution >= 4 is 40.0 Å². The number of rotatable bonds is 6. The summed E-state index contributed by atoms with van der Waals surface area (Å²) >= 11 is 3.34. The highest BCUT2D eigenvalue weighted by Crippen LogP contribution is 2.47. The molecular weight excluding hydrogens is 545 g/mol. The minimum absolute atomic E-state index is 0.193. The van der Waals surface area contributed by atoms with Crippen molar-refractivity contribution in [2.24, 2.45) is 0 Å².